The molecule has 2 fully saturated rings. The standard InChI is InChI=1S/C18H25N3O3/c1-18(14-7-10-19-11-8-14)16(22)21(17(23)20-18)12-9-13-3-5-15(24-2)6-4-13/h3-6,14,19H,7-12H2,1-2H3,(H,20,23). The SMILES string of the molecule is COc1ccc(CCN2C(=O)NC(C)(C3CCNCC3)C2=O)cc1. The van der Waals surface area contributed by atoms with Crippen LogP contribution in [0.1, 0.15) is 25.3 Å². The van der Waals surface area contributed by atoms with Gasteiger partial charge < -0.3 is 15.4 Å². The zero-order valence-corrected chi connectivity index (χ0v) is 14.3. The summed E-state index contributed by atoms with van der Waals surface area (Å²) in [7, 11) is 1.63. The van der Waals surface area contributed by atoms with E-state index in [0.717, 1.165) is 37.2 Å². The molecule has 6 nitrogen and oxygen atoms in total. The van der Waals surface area contributed by atoms with E-state index in [4.69, 9.17) is 4.74 Å². The number of carbonyl (C=O) groups excluding carboxylic acids is 2. The van der Waals surface area contributed by atoms with E-state index in [1.165, 1.54) is 4.90 Å². The monoisotopic (exact) mass is 331 g/mol. The number of ether oxygens (including phenoxy) is 1. The van der Waals surface area contributed by atoms with Gasteiger partial charge in [-0.15, -0.1) is 0 Å². The third-order valence-corrected chi connectivity index (χ3v) is 5.24. The first-order valence-corrected chi connectivity index (χ1v) is 8.52. The molecule has 1 atom stereocenters. The van der Waals surface area contributed by atoms with Gasteiger partial charge in [0.1, 0.15) is 11.3 Å². The van der Waals surface area contributed by atoms with Crippen molar-refractivity contribution >= 4 is 11.9 Å². The van der Waals surface area contributed by atoms with Gasteiger partial charge in [0.15, 0.2) is 0 Å². The summed E-state index contributed by atoms with van der Waals surface area (Å²) in [6, 6.07) is 7.43. The first-order chi connectivity index (χ1) is 11.5. The molecule has 0 aliphatic carbocycles. The average molecular weight is 331 g/mol. The highest BCUT2D eigenvalue weighted by atomic mass is 16.5. The zero-order chi connectivity index (χ0) is 17.2. The summed E-state index contributed by atoms with van der Waals surface area (Å²) in [4.78, 5) is 26.6. The summed E-state index contributed by atoms with van der Waals surface area (Å²) in [6.45, 7) is 4.07. The smallest absolute Gasteiger partial charge is 0.325 e. The minimum atomic E-state index is -0.765. The van der Waals surface area contributed by atoms with Crippen LogP contribution in [0.5, 0.6) is 5.75 Å². The fourth-order valence-corrected chi connectivity index (χ4v) is 3.63. The van der Waals surface area contributed by atoms with E-state index in [2.05, 4.69) is 10.6 Å². The summed E-state index contributed by atoms with van der Waals surface area (Å²) >= 11 is 0. The van der Waals surface area contributed by atoms with Gasteiger partial charge in [0.25, 0.3) is 5.91 Å². The van der Waals surface area contributed by atoms with E-state index in [-0.39, 0.29) is 17.9 Å². The number of hydrogen-bond acceptors (Lipinski definition) is 4. The van der Waals surface area contributed by atoms with Crippen molar-refractivity contribution < 1.29 is 14.3 Å². The maximum absolute atomic E-state index is 12.9. The number of methoxy groups -OCH3 is 1. The molecule has 2 heterocycles. The molecule has 2 saturated heterocycles. The van der Waals surface area contributed by atoms with Crippen molar-refractivity contribution in [1.29, 1.82) is 0 Å². The fourth-order valence-electron chi connectivity index (χ4n) is 3.63. The fraction of sp³-hybridized carbons (Fsp3) is 0.556. The highest BCUT2D eigenvalue weighted by Gasteiger charge is 2.52. The highest BCUT2D eigenvalue weighted by molar-refractivity contribution is 6.07. The van der Waals surface area contributed by atoms with Crippen LogP contribution in [0.25, 0.3) is 0 Å². The van der Waals surface area contributed by atoms with E-state index in [0.29, 0.717) is 13.0 Å². The van der Waals surface area contributed by atoms with Crippen LogP contribution >= 0.6 is 0 Å². The van der Waals surface area contributed by atoms with Crippen molar-refractivity contribution in [2.24, 2.45) is 5.92 Å². The molecule has 1 unspecified atom stereocenters. The largest absolute Gasteiger partial charge is 0.497 e. The molecule has 2 aliphatic heterocycles. The van der Waals surface area contributed by atoms with Gasteiger partial charge in [-0.05, 0) is 62.9 Å². The Morgan fingerprint density at radius 2 is 1.88 bits per heavy atom. The Morgan fingerprint density at radius 3 is 2.50 bits per heavy atom. The highest BCUT2D eigenvalue weighted by Crippen LogP contribution is 2.31. The summed E-state index contributed by atoms with van der Waals surface area (Å²) in [5, 5.41) is 6.24. The molecule has 6 heteroatoms. The van der Waals surface area contributed by atoms with Gasteiger partial charge in [0.2, 0.25) is 0 Å². The number of amides is 3. The lowest BCUT2D eigenvalue weighted by molar-refractivity contribution is -0.132. The molecule has 1 aromatic rings. The molecular weight excluding hydrogens is 306 g/mol. The van der Waals surface area contributed by atoms with Gasteiger partial charge in [-0.1, -0.05) is 12.1 Å². The molecular formula is C18H25N3O3. The molecule has 3 rings (SSSR count). The van der Waals surface area contributed by atoms with Crippen molar-refractivity contribution in [3.8, 4) is 5.75 Å². The number of urea groups is 1. The van der Waals surface area contributed by atoms with Gasteiger partial charge in [0, 0.05) is 6.54 Å². The molecule has 24 heavy (non-hydrogen) atoms. The minimum absolute atomic E-state index is 0.0899. The van der Waals surface area contributed by atoms with Crippen molar-refractivity contribution in [2.45, 2.75) is 31.7 Å². The first-order valence-electron chi connectivity index (χ1n) is 8.52. The number of nitrogens with zero attached hydrogens (tertiary/aromatic N) is 1. The van der Waals surface area contributed by atoms with Gasteiger partial charge in [-0.25, -0.2) is 4.79 Å². The maximum atomic E-state index is 12.9. The van der Waals surface area contributed by atoms with Crippen LogP contribution in [0.2, 0.25) is 0 Å². The van der Waals surface area contributed by atoms with Gasteiger partial charge in [0.05, 0.1) is 7.11 Å². The van der Waals surface area contributed by atoms with Gasteiger partial charge in [-0.3, -0.25) is 9.69 Å². The third-order valence-electron chi connectivity index (χ3n) is 5.24. The van der Waals surface area contributed by atoms with Gasteiger partial charge in [-0.2, -0.15) is 0 Å². The number of benzene rings is 1. The van der Waals surface area contributed by atoms with Crippen molar-refractivity contribution in [3.63, 3.8) is 0 Å². The van der Waals surface area contributed by atoms with Crippen LogP contribution in [0.15, 0.2) is 24.3 Å². The molecule has 1 aromatic carbocycles. The van der Waals surface area contributed by atoms with Crippen LogP contribution in [0.4, 0.5) is 4.79 Å². The molecule has 0 aromatic heterocycles. The Kier molecular flexibility index (Phi) is 4.76. The normalized spacial score (nSPS) is 25.0. The van der Waals surface area contributed by atoms with Crippen LogP contribution in [-0.2, 0) is 11.2 Å². The molecule has 0 radical (unpaired) electrons. The Balaban J connectivity index is 1.65. The topological polar surface area (TPSA) is 70.7 Å². The van der Waals surface area contributed by atoms with Crippen LogP contribution in [-0.4, -0.2) is 49.1 Å². The zero-order valence-electron chi connectivity index (χ0n) is 14.3. The van der Waals surface area contributed by atoms with Crippen molar-refractivity contribution in [3.05, 3.63) is 29.8 Å². The van der Waals surface area contributed by atoms with Crippen LogP contribution in [0.3, 0.4) is 0 Å². The lowest BCUT2D eigenvalue weighted by Crippen LogP contribution is -2.53. The number of piperidine rings is 1. The molecule has 130 valence electrons. The van der Waals surface area contributed by atoms with E-state index in [1.807, 2.05) is 31.2 Å². The van der Waals surface area contributed by atoms with Crippen LogP contribution < -0.4 is 15.4 Å². The molecule has 0 bridgehead atoms. The number of nitrogens with one attached hydrogen (secondary N) is 2. The molecule has 2 N–H and O–H groups in total. The molecule has 2 aliphatic rings. The average Bonchev–Trinajstić information content (AvgIpc) is 2.84. The third kappa shape index (κ3) is 3.11. The van der Waals surface area contributed by atoms with Gasteiger partial charge >= 0.3 is 6.03 Å². The Labute approximate surface area is 142 Å². The van der Waals surface area contributed by atoms with Crippen molar-refractivity contribution in [1.82, 2.24) is 15.5 Å². The van der Waals surface area contributed by atoms with Crippen LogP contribution in [0, 0.1) is 5.92 Å². The Hall–Kier alpha value is -2.08. The molecule has 0 saturated carbocycles. The lowest BCUT2D eigenvalue weighted by Gasteiger charge is -2.34. The maximum Gasteiger partial charge on any atom is 0.325 e. The van der Waals surface area contributed by atoms with E-state index >= 15 is 0 Å². The van der Waals surface area contributed by atoms with E-state index in [9.17, 15) is 9.59 Å². The second kappa shape index (κ2) is 6.81. The van der Waals surface area contributed by atoms with E-state index < -0.39 is 5.54 Å². The second-order valence-corrected chi connectivity index (χ2v) is 6.71. The predicted octanol–water partition coefficient (Wildman–Crippen LogP) is 1.55. The lowest BCUT2D eigenvalue weighted by atomic mass is 9.79. The first kappa shape index (κ1) is 16.8. The summed E-state index contributed by atoms with van der Waals surface area (Å²) in [5.74, 6) is 0.904. The number of carbonyl (C=O) groups is 2. The summed E-state index contributed by atoms with van der Waals surface area (Å²) in [5.41, 5.74) is 0.311. The second-order valence-electron chi connectivity index (χ2n) is 6.71. The quantitative estimate of drug-likeness (QED) is 0.803. The van der Waals surface area contributed by atoms with E-state index in [1.54, 1.807) is 7.11 Å². The van der Waals surface area contributed by atoms with Crippen molar-refractivity contribution in [2.75, 3.05) is 26.7 Å². The Bertz CT molecular complexity index is 610. The molecule has 0 spiro atoms. The Morgan fingerprint density at radius 1 is 1.21 bits per heavy atom. The molecule has 3 amide bonds. The number of imide groups is 1. The minimum Gasteiger partial charge on any atom is -0.497 e. The predicted molar refractivity (Wildman–Crippen MR) is 90.9 cm³/mol. The summed E-state index contributed by atoms with van der Waals surface area (Å²) in [6.07, 6.45) is 2.47. The number of hydrogen-bond donors (Lipinski definition) is 2. The number of rotatable bonds is 5. The summed E-state index contributed by atoms with van der Waals surface area (Å²) < 4.78 is 5.14.